The van der Waals surface area contributed by atoms with Gasteiger partial charge in [0, 0.05) is 19.3 Å². The van der Waals surface area contributed by atoms with Crippen LogP contribution in [0.25, 0.3) is 0 Å². The molecule has 0 aromatic heterocycles. The van der Waals surface area contributed by atoms with Crippen molar-refractivity contribution in [3.8, 4) is 0 Å². The van der Waals surface area contributed by atoms with Gasteiger partial charge in [-0.05, 0) is 57.8 Å². The maximum Gasteiger partial charge on any atom is 0.306 e. The van der Waals surface area contributed by atoms with E-state index < -0.39 is 6.10 Å². The highest BCUT2D eigenvalue weighted by Gasteiger charge is 2.19. The molecule has 0 saturated carbocycles. The minimum atomic E-state index is -0.786. The molecular formula is C54H92O6. The van der Waals surface area contributed by atoms with Gasteiger partial charge in [-0.2, -0.15) is 0 Å². The molecule has 0 heterocycles. The maximum absolute atomic E-state index is 12.8. The van der Waals surface area contributed by atoms with Gasteiger partial charge >= 0.3 is 17.9 Å². The molecule has 0 aromatic rings. The summed E-state index contributed by atoms with van der Waals surface area (Å²) < 4.78 is 16.7. The van der Waals surface area contributed by atoms with E-state index in [1.807, 2.05) is 24.3 Å². The number of rotatable bonds is 44. The zero-order valence-corrected chi connectivity index (χ0v) is 39.2. The van der Waals surface area contributed by atoms with Crippen molar-refractivity contribution in [2.75, 3.05) is 13.2 Å². The quantitative estimate of drug-likeness (QED) is 0.0200. The summed E-state index contributed by atoms with van der Waals surface area (Å²) >= 11 is 0. The Balaban J connectivity index is 4.42. The highest BCUT2D eigenvalue weighted by Crippen LogP contribution is 2.15. The summed E-state index contributed by atoms with van der Waals surface area (Å²) in [6.45, 7) is 6.48. The van der Waals surface area contributed by atoms with Crippen molar-refractivity contribution >= 4 is 17.9 Å². The molecule has 0 rings (SSSR count). The van der Waals surface area contributed by atoms with Crippen LogP contribution in [-0.2, 0) is 28.6 Å². The number of carbonyl (C=O) groups excluding carboxylic acids is 3. The Labute approximate surface area is 370 Å². The molecule has 0 N–H and O–H groups in total. The highest BCUT2D eigenvalue weighted by molar-refractivity contribution is 5.71. The molecule has 6 nitrogen and oxygen atoms in total. The highest BCUT2D eigenvalue weighted by atomic mass is 16.6. The number of carbonyl (C=O) groups is 3. The third-order valence-electron chi connectivity index (χ3n) is 10.5. The summed E-state index contributed by atoms with van der Waals surface area (Å²) in [4.78, 5) is 37.9. The van der Waals surface area contributed by atoms with Crippen LogP contribution < -0.4 is 0 Å². The Hall–Kier alpha value is -3.15. The third kappa shape index (κ3) is 45.9. The van der Waals surface area contributed by atoms with Crippen LogP contribution in [0.15, 0.2) is 72.9 Å². The molecule has 0 fully saturated rings. The van der Waals surface area contributed by atoms with Crippen molar-refractivity contribution in [1.29, 1.82) is 0 Å². The van der Waals surface area contributed by atoms with Gasteiger partial charge in [-0.15, -0.1) is 0 Å². The molecule has 344 valence electrons. The Morgan fingerprint density at radius 3 is 1.10 bits per heavy atom. The van der Waals surface area contributed by atoms with Gasteiger partial charge in [0.05, 0.1) is 0 Å². The van der Waals surface area contributed by atoms with E-state index in [1.54, 1.807) is 0 Å². The van der Waals surface area contributed by atoms with Crippen molar-refractivity contribution in [3.05, 3.63) is 72.9 Å². The standard InChI is InChI=1S/C54H92O6/c1-4-7-10-13-16-19-22-24-25-26-27-28-30-32-35-38-41-44-47-53(56)59-50-51(49-58-52(55)46-43-40-37-34-31-21-18-15-12-9-6-3)60-54(57)48-45-42-39-36-33-29-23-20-17-14-11-8-5-2/h10,13,15-16,18-19,22,24-28,51H,4-9,11-12,14,17,20-21,23,29-50H2,1-3H3/b13-10-,18-15-,19-16-,24-22-,26-25-,28-27-. The molecule has 0 saturated heterocycles. The van der Waals surface area contributed by atoms with Crippen LogP contribution >= 0.6 is 0 Å². The van der Waals surface area contributed by atoms with Gasteiger partial charge in [0.25, 0.3) is 0 Å². The van der Waals surface area contributed by atoms with Crippen molar-refractivity contribution < 1.29 is 28.6 Å². The summed E-state index contributed by atoms with van der Waals surface area (Å²) in [6.07, 6.45) is 60.2. The van der Waals surface area contributed by atoms with Crippen LogP contribution in [0.4, 0.5) is 0 Å². The molecule has 0 aliphatic heterocycles. The van der Waals surface area contributed by atoms with Crippen LogP contribution in [0, 0.1) is 0 Å². The van der Waals surface area contributed by atoms with E-state index in [-0.39, 0.29) is 31.1 Å². The molecule has 0 aliphatic carbocycles. The second-order valence-corrected chi connectivity index (χ2v) is 16.5. The van der Waals surface area contributed by atoms with Crippen LogP contribution in [0.5, 0.6) is 0 Å². The first-order valence-corrected chi connectivity index (χ1v) is 25.0. The van der Waals surface area contributed by atoms with E-state index in [4.69, 9.17) is 14.2 Å². The van der Waals surface area contributed by atoms with Gasteiger partial charge in [0.1, 0.15) is 13.2 Å². The molecule has 60 heavy (non-hydrogen) atoms. The van der Waals surface area contributed by atoms with Crippen LogP contribution in [0.1, 0.15) is 233 Å². The fourth-order valence-electron chi connectivity index (χ4n) is 6.75. The van der Waals surface area contributed by atoms with Gasteiger partial charge in [-0.1, -0.05) is 229 Å². The minimum Gasteiger partial charge on any atom is -0.462 e. The second kappa shape index (κ2) is 48.5. The molecule has 0 aromatic carbocycles. The first kappa shape index (κ1) is 56.9. The number of esters is 3. The monoisotopic (exact) mass is 837 g/mol. The molecule has 1 unspecified atom stereocenters. The van der Waals surface area contributed by atoms with Crippen LogP contribution in [0.2, 0.25) is 0 Å². The molecule has 0 spiro atoms. The first-order chi connectivity index (χ1) is 29.5. The lowest BCUT2D eigenvalue weighted by Gasteiger charge is -2.18. The van der Waals surface area contributed by atoms with Gasteiger partial charge < -0.3 is 14.2 Å². The van der Waals surface area contributed by atoms with E-state index in [0.717, 1.165) is 89.9 Å². The lowest BCUT2D eigenvalue weighted by molar-refractivity contribution is -0.167. The normalized spacial score (nSPS) is 12.7. The van der Waals surface area contributed by atoms with E-state index in [2.05, 4.69) is 69.4 Å². The number of allylic oxidation sites excluding steroid dienone is 12. The van der Waals surface area contributed by atoms with Crippen LogP contribution in [0.3, 0.4) is 0 Å². The predicted molar refractivity (Wildman–Crippen MR) is 256 cm³/mol. The zero-order chi connectivity index (χ0) is 43.7. The fraction of sp³-hybridized carbons (Fsp3) is 0.722. The van der Waals surface area contributed by atoms with E-state index in [9.17, 15) is 14.4 Å². The lowest BCUT2D eigenvalue weighted by atomic mass is 10.0. The third-order valence-corrected chi connectivity index (χ3v) is 10.5. The second-order valence-electron chi connectivity index (χ2n) is 16.5. The van der Waals surface area contributed by atoms with E-state index >= 15 is 0 Å². The zero-order valence-electron chi connectivity index (χ0n) is 39.2. The summed E-state index contributed by atoms with van der Waals surface area (Å²) in [5, 5.41) is 0. The minimum absolute atomic E-state index is 0.0872. The van der Waals surface area contributed by atoms with Crippen LogP contribution in [-0.4, -0.2) is 37.2 Å². The predicted octanol–water partition coefficient (Wildman–Crippen LogP) is 16.3. The number of hydrogen-bond donors (Lipinski definition) is 0. The first-order valence-electron chi connectivity index (χ1n) is 25.0. The fourth-order valence-corrected chi connectivity index (χ4v) is 6.75. The van der Waals surface area contributed by atoms with Gasteiger partial charge in [-0.25, -0.2) is 0 Å². The summed E-state index contributed by atoms with van der Waals surface area (Å²) in [5.74, 6) is -0.921. The summed E-state index contributed by atoms with van der Waals surface area (Å²) in [7, 11) is 0. The topological polar surface area (TPSA) is 78.9 Å². The van der Waals surface area contributed by atoms with Crippen molar-refractivity contribution in [2.24, 2.45) is 0 Å². The number of unbranched alkanes of at least 4 members (excludes halogenated alkanes) is 25. The molecule has 0 radical (unpaired) electrons. The molecular weight excluding hydrogens is 745 g/mol. The van der Waals surface area contributed by atoms with Gasteiger partial charge in [-0.3, -0.25) is 14.4 Å². The number of ether oxygens (including phenoxy) is 3. The molecule has 1 atom stereocenters. The Bertz CT molecular complexity index is 1140. The van der Waals surface area contributed by atoms with E-state index in [0.29, 0.717) is 19.3 Å². The lowest BCUT2D eigenvalue weighted by Crippen LogP contribution is -2.30. The molecule has 6 heteroatoms. The average molecular weight is 837 g/mol. The van der Waals surface area contributed by atoms with Crippen molar-refractivity contribution in [1.82, 2.24) is 0 Å². The summed E-state index contributed by atoms with van der Waals surface area (Å²) in [6, 6.07) is 0. The SMILES string of the molecule is CCC\C=C/C=C\C=C/C=C\C=C/CCCCCCCC(=O)OCC(COC(=O)CCCCCCC/C=C\CCCC)OC(=O)CCCCCCCCCCCCCCC. The Morgan fingerprint density at radius 2 is 0.667 bits per heavy atom. The smallest absolute Gasteiger partial charge is 0.306 e. The number of hydrogen-bond acceptors (Lipinski definition) is 6. The van der Waals surface area contributed by atoms with Gasteiger partial charge in [0.2, 0.25) is 0 Å². The molecule has 0 aliphatic rings. The molecule has 0 amide bonds. The van der Waals surface area contributed by atoms with Crippen molar-refractivity contribution in [3.63, 3.8) is 0 Å². The Morgan fingerprint density at radius 1 is 0.333 bits per heavy atom. The summed E-state index contributed by atoms with van der Waals surface area (Å²) in [5.41, 5.74) is 0. The Kier molecular flexibility index (Phi) is 46.0. The van der Waals surface area contributed by atoms with E-state index in [1.165, 1.54) is 103 Å². The molecule has 0 bridgehead atoms. The van der Waals surface area contributed by atoms with Crippen molar-refractivity contribution in [2.45, 2.75) is 239 Å². The largest absolute Gasteiger partial charge is 0.462 e. The van der Waals surface area contributed by atoms with Gasteiger partial charge in [0.15, 0.2) is 6.10 Å². The average Bonchev–Trinajstić information content (AvgIpc) is 3.24. The maximum atomic E-state index is 12.8.